The Morgan fingerprint density at radius 3 is 2.77 bits per heavy atom. The molecule has 1 aromatic carbocycles. The van der Waals surface area contributed by atoms with Gasteiger partial charge in [0.15, 0.2) is 6.10 Å². The number of amides is 2. The minimum Gasteiger partial charge on any atom is -0.478 e. The molecular formula is C23H28N2O5. The van der Waals surface area contributed by atoms with Gasteiger partial charge in [-0.2, -0.15) is 0 Å². The monoisotopic (exact) mass is 412 g/mol. The van der Waals surface area contributed by atoms with Gasteiger partial charge in [0.1, 0.15) is 24.2 Å². The molecule has 1 aliphatic heterocycles. The van der Waals surface area contributed by atoms with Crippen LogP contribution in [0.4, 0.5) is 5.69 Å². The highest BCUT2D eigenvalue weighted by molar-refractivity contribution is 6.04. The summed E-state index contributed by atoms with van der Waals surface area (Å²) in [6, 6.07) is 8.74. The zero-order valence-corrected chi connectivity index (χ0v) is 17.2. The molecule has 1 aromatic heterocycles. The van der Waals surface area contributed by atoms with E-state index in [2.05, 4.69) is 5.32 Å². The fourth-order valence-corrected chi connectivity index (χ4v) is 4.21. The third kappa shape index (κ3) is 4.21. The van der Waals surface area contributed by atoms with Gasteiger partial charge in [0.25, 0.3) is 5.91 Å². The van der Waals surface area contributed by atoms with Gasteiger partial charge >= 0.3 is 0 Å². The fraction of sp³-hybridized carbons (Fsp3) is 0.478. The summed E-state index contributed by atoms with van der Waals surface area (Å²) in [6.07, 6.45) is 5.83. The van der Waals surface area contributed by atoms with Crippen LogP contribution >= 0.6 is 0 Å². The molecule has 0 bridgehead atoms. The molecular weight excluding hydrogens is 384 g/mol. The topological polar surface area (TPSA) is 92.0 Å². The van der Waals surface area contributed by atoms with E-state index in [1.807, 2.05) is 6.92 Å². The highest BCUT2D eigenvalue weighted by atomic mass is 16.5. The summed E-state index contributed by atoms with van der Waals surface area (Å²) in [7, 11) is 0. The fourth-order valence-electron chi connectivity index (χ4n) is 4.21. The number of carbonyl (C=O) groups is 2. The Hall–Kier alpha value is -2.80. The van der Waals surface area contributed by atoms with Crippen LogP contribution in [-0.2, 0) is 9.59 Å². The van der Waals surface area contributed by atoms with E-state index >= 15 is 0 Å². The summed E-state index contributed by atoms with van der Waals surface area (Å²) >= 11 is 0. The SMILES string of the molecule is CC[C@@H]1Oc2ccc([C@H](O)c3ccco3)cc2N(CC(=O)NC2CCCCC2)C1=O. The molecule has 160 valence electrons. The van der Waals surface area contributed by atoms with Crippen LogP contribution in [0.25, 0.3) is 0 Å². The molecule has 0 saturated heterocycles. The summed E-state index contributed by atoms with van der Waals surface area (Å²) in [5.74, 6) is 0.525. The molecule has 4 rings (SSSR count). The van der Waals surface area contributed by atoms with E-state index in [-0.39, 0.29) is 24.4 Å². The zero-order valence-electron chi connectivity index (χ0n) is 17.2. The number of benzene rings is 1. The van der Waals surface area contributed by atoms with Crippen molar-refractivity contribution in [2.24, 2.45) is 0 Å². The average Bonchev–Trinajstić information content (AvgIpc) is 3.30. The van der Waals surface area contributed by atoms with Crippen LogP contribution in [0.2, 0.25) is 0 Å². The first-order valence-corrected chi connectivity index (χ1v) is 10.7. The van der Waals surface area contributed by atoms with Crippen molar-refractivity contribution in [1.29, 1.82) is 0 Å². The van der Waals surface area contributed by atoms with E-state index < -0.39 is 12.2 Å². The number of carbonyl (C=O) groups excluding carboxylic acids is 2. The number of rotatable bonds is 6. The molecule has 2 N–H and O–H groups in total. The minimum absolute atomic E-state index is 0.0670. The molecule has 7 heteroatoms. The van der Waals surface area contributed by atoms with Gasteiger partial charge < -0.3 is 19.6 Å². The highest BCUT2D eigenvalue weighted by Gasteiger charge is 2.35. The number of hydrogen-bond donors (Lipinski definition) is 2. The number of furan rings is 1. The van der Waals surface area contributed by atoms with Gasteiger partial charge in [-0.05, 0) is 49.1 Å². The van der Waals surface area contributed by atoms with Crippen LogP contribution in [0.3, 0.4) is 0 Å². The van der Waals surface area contributed by atoms with E-state index in [1.165, 1.54) is 17.6 Å². The maximum atomic E-state index is 13.0. The Bertz CT molecular complexity index is 889. The van der Waals surface area contributed by atoms with Crippen molar-refractivity contribution in [2.45, 2.75) is 63.7 Å². The third-order valence-corrected chi connectivity index (χ3v) is 5.86. The number of fused-ring (bicyclic) bond motifs is 1. The first kappa shape index (κ1) is 20.5. The molecule has 2 amide bonds. The van der Waals surface area contributed by atoms with E-state index in [4.69, 9.17) is 9.15 Å². The molecule has 2 aliphatic rings. The summed E-state index contributed by atoms with van der Waals surface area (Å²) in [5.41, 5.74) is 1.05. The van der Waals surface area contributed by atoms with Crippen molar-refractivity contribution in [3.05, 3.63) is 47.9 Å². The maximum Gasteiger partial charge on any atom is 0.268 e. The van der Waals surface area contributed by atoms with Gasteiger partial charge in [-0.3, -0.25) is 14.5 Å². The van der Waals surface area contributed by atoms with Crippen LogP contribution < -0.4 is 15.0 Å². The smallest absolute Gasteiger partial charge is 0.268 e. The number of nitrogens with one attached hydrogen (secondary N) is 1. The van der Waals surface area contributed by atoms with Gasteiger partial charge in [-0.25, -0.2) is 0 Å². The Labute approximate surface area is 176 Å². The minimum atomic E-state index is -0.970. The van der Waals surface area contributed by atoms with Crippen LogP contribution in [0.15, 0.2) is 41.0 Å². The Morgan fingerprint density at radius 1 is 1.27 bits per heavy atom. The molecule has 30 heavy (non-hydrogen) atoms. The second-order valence-corrected chi connectivity index (χ2v) is 7.99. The lowest BCUT2D eigenvalue weighted by molar-refractivity contribution is -0.129. The van der Waals surface area contributed by atoms with E-state index in [0.29, 0.717) is 29.2 Å². The molecule has 1 saturated carbocycles. The standard InChI is InChI=1S/C23H28N2O5/c1-2-18-23(28)25(14-21(26)24-16-7-4-3-5-8-16)17-13-15(10-11-19(17)30-18)22(27)20-9-6-12-29-20/h6,9-13,16,18,22,27H,2-5,7-8,14H2,1H3,(H,24,26)/t18-,22-/m0/s1. The van der Waals surface area contributed by atoms with Crippen LogP contribution in [0.5, 0.6) is 5.75 Å². The lowest BCUT2D eigenvalue weighted by Gasteiger charge is -2.34. The average molecular weight is 412 g/mol. The molecule has 2 aromatic rings. The number of aliphatic hydroxyl groups excluding tert-OH is 1. The summed E-state index contributed by atoms with van der Waals surface area (Å²) in [5, 5.41) is 13.7. The molecule has 2 atom stereocenters. The number of hydrogen-bond acceptors (Lipinski definition) is 5. The van der Waals surface area contributed by atoms with Gasteiger partial charge in [-0.1, -0.05) is 32.3 Å². The van der Waals surface area contributed by atoms with Gasteiger partial charge in [0.2, 0.25) is 5.91 Å². The maximum absolute atomic E-state index is 13.0. The number of anilines is 1. The van der Waals surface area contributed by atoms with E-state index in [1.54, 1.807) is 30.3 Å². The van der Waals surface area contributed by atoms with Gasteiger partial charge in [0.05, 0.1) is 12.0 Å². The number of nitrogens with zero attached hydrogens (tertiary/aromatic N) is 1. The first-order valence-electron chi connectivity index (χ1n) is 10.7. The van der Waals surface area contributed by atoms with Gasteiger partial charge in [0, 0.05) is 6.04 Å². The van der Waals surface area contributed by atoms with E-state index in [9.17, 15) is 14.7 Å². The Balaban J connectivity index is 1.58. The molecule has 0 unspecified atom stereocenters. The lowest BCUT2D eigenvalue weighted by Crippen LogP contribution is -2.51. The third-order valence-electron chi connectivity index (χ3n) is 5.86. The highest BCUT2D eigenvalue weighted by Crippen LogP contribution is 2.38. The second-order valence-electron chi connectivity index (χ2n) is 7.99. The van der Waals surface area contributed by atoms with Crippen molar-refractivity contribution in [3.8, 4) is 5.75 Å². The van der Waals surface area contributed by atoms with Crippen molar-refractivity contribution >= 4 is 17.5 Å². The summed E-state index contributed by atoms with van der Waals surface area (Å²) in [6.45, 7) is 1.81. The van der Waals surface area contributed by atoms with E-state index in [0.717, 1.165) is 25.7 Å². The van der Waals surface area contributed by atoms with Crippen LogP contribution in [0.1, 0.15) is 62.9 Å². The predicted octanol–water partition coefficient (Wildman–Crippen LogP) is 3.31. The molecule has 0 spiro atoms. The van der Waals surface area contributed by atoms with Crippen LogP contribution in [0, 0.1) is 0 Å². The first-order chi connectivity index (χ1) is 14.6. The number of aliphatic hydroxyl groups is 1. The predicted molar refractivity (Wildman–Crippen MR) is 111 cm³/mol. The molecule has 2 heterocycles. The van der Waals surface area contributed by atoms with Crippen molar-refractivity contribution < 1.29 is 23.8 Å². The van der Waals surface area contributed by atoms with Crippen molar-refractivity contribution in [1.82, 2.24) is 5.32 Å². The normalized spacial score (nSPS) is 20.4. The molecule has 1 fully saturated rings. The van der Waals surface area contributed by atoms with Crippen molar-refractivity contribution in [3.63, 3.8) is 0 Å². The quantitative estimate of drug-likeness (QED) is 0.759. The molecule has 1 aliphatic carbocycles. The Morgan fingerprint density at radius 2 is 2.07 bits per heavy atom. The molecule has 7 nitrogen and oxygen atoms in total. The molecule has 0 radical (unpaired) electrons. The Kier molecular flexibility index (Phi) is 6.08. The largest absolute Gasteiger partial charge is 0.478 e. The number of ether oxygens (including phenoxy) is 1. The summed E-state index contributed by atoms with van der Waals surface area (Å²) < 4.78 is 11.2. The lowest BCUT2D eigenvalue weighted by atomic mass is 9.95. The zero-order chi connectivity index (χ0) is 21.1. The van der Waals surface area contributed by atoms with Crippen molar-refractivity contribution in [2.75, 3.05) is 11.4 Å². The summed E-state index contributed by atoms with van der Waals surface area (Å²) in [4.78, 5) is 27.2. The van der Waals surface area contributed by atoms with Crippen LogP contribution in [-0.4, -0.2) is 35.6 Å². The van der Waals surface area contributed by atoms with Gasteiger partial charge in [-0.15, -0.1) is 0 Å². The second kappa shape index (κ2) is 8.92.